The maximum absolute atomic E-state index is 12.2. The summed E-state index contributed by atoms with van der Waals surface area (Å²) in [6.07, 6.45) is 0. The highest BCUT2D eigenvalue weighted by atomic mass is 35.5. The minimum atomic E-state index is -0.257. The van der Waals surface area contributed by atoms with E-state index in [1.807, 2.05) is 37.3 Å². The van der Waals surface area contributed by atoms with Crippen LogP contribution >= 0.6 is 34.8 Å². The van der Waals surface area contributed by atoms with Crippen LogP contribution in [0.25, 0.3) is 10.8 Å². The normalized spacial score (nSPS) is 12.0. The minimum Gasteiger partial charge on any atom is -0.482 e. The largest absolute Gasteiger partial charge is 0.482 e. The fourth-order valence-electron chi connectivity index (χ4n) is 2.60. The molecule has 0 unspecified atom stereocenters. The number of carbonyl (C=O) groups excluding carboxylic acids is 1. The summed E-state index contributed by atoms with van der Waals surface area (Å²) >= 11 is 17.9. The first-order chi connectivity index (χ1) is 12.4. The van der Waals surface area contributed by atoms with Crippen molar-refractivity contribution in [2.45, 2.75) is 13.0 Å². The van der Waals surface area contributed by atoms with Crippen LogP contribution in [0.3, 0.4) is 0 Å². The number of carbonyl (C=O) groups is 1. The fraction of sp³-hybridized carbons (Fsp3) is 0.150. The molecule has 0 aromatic heterocycles. The second-order valence-electron chi connectivity index (χ2n) is 5.88. The highest BCUT2D eigenvalue weighted by Gasteiger charge is 2.13. The SMILES string of the molecule is C[C@H](NC(=O)COc1cc(Cl)c(Cl)cc1Cl)c1ccc2ccccc2c1. The predicted molar refractivity (Wildman–Crippen MR) is 107 cm³/mol. The zero-order chi connectivity index (χ0) is 18.7. The number of hydrogen-bond donors (Lipinski definition) is 1. The van der Waals surface area contributed by atoms with Gasteiger partial charge in [0.05, 0.1) is 21.1 Å². The van der Waals surface area contributed by atoms with Gasteiger partial charge in [-0.3, -0.25) is 4.79 Å². The molecule has 0 fully saturated rings. The predicted octanol–water partition coefficient (Wildman–Crippen LogP) is 6.06. The highest BCUT2D eigenvalue weighted by Crippen LogP contribution is 2.33. The molecule has 0 aliphatic rings. The fourth-order valence-corrected chi connectivity index (χ4v) is 3.19. The van der Waals surface area contributed by atoms with E-state index in [1.54, 1.807) is 0 Å². The van der Waals surface area contributed by atoms with Gasteiger partial charge in [-0.1, -0.05) is 71.2 Å². The Morgan fingerprint density at radius 1 is 0.962 bits per heavy atom. The number of hydrogen-bond acceptors (Lipinski definition) is 2. The molecule has 134 valence electrons. The van der Waals surface area contributed by atoms with E-state index in [0.717, 1.165) is 16.3 Å². The maximum Gasteiger partial charge on any atom is 0.258 e. The van der Waals surface area contributed by atoms with Crippen LogP contribution in [0, 0.1) is 0 Å². The Labute approximate surface area is 166 Å². The van der Waals surface area contributed by atoms with Crippen LogP contribution in [0.2, 0.25) is 15.1 Å². The van der Waals surface area contributed by atoms with Gasteiger partial charge in [0.1, 0.15) is 5.75 Å². The molecule has 1 atom stereocenters. The Bertz CT molecular complexity index is 959. The maximum atomic E-state index is 12.2. The van der Waals surface area contributed by atoms with Crippen molar-refractivity contribution >= 4 is 51.5 Å². The zero-order valence-corrected chi connectivity index (χ0v) is 16.2. The summed E-state index contributed by atoms with van der Waals surface area (Å²) in [5.41, 5.74) is 1.02. The topological polar surface area (TPSA) is 38.3 Å². The molecule has 3 aromatic rings. The van der Waals surface area contributed by atoms with Gasteiger partial charge in [-0.2, -0.15) is 0 Å². The number of ether oxygens (including phenoxy) is 1. The quantitative estimate of drug-likeness (QED) is 0.521. The van der Waals surface area contributed by atoms with Crippen molar-refractivity contribution in [3.63, 3.8) is 0 Å². The summed E-state index contributed by atoms with van der Waals surface area (Å²) in [6.45, 7) is 1.75. The van der Waals surface area contributed by atoms with Crippen LogP contribution in [0.15, 0.2) is 54.6 Å². The lowest BCUT2D eigenvalue weighted by Gasteiger charge is -2.16. The molecule has 3 aromatic carbocycles. The van der Waals surface area contributed by atoms with Crippen molar-refractivity contribution in [3.05, 3.63) is 75.2 Å². The second-order valence-corrected chi connectivity index (χ2v) is 7.10. The molecule has 6 heteroatoms. The van der Waals surface area contributed by atoms with E-state index in [4.69, 9.17) is 39.5 Å². The summed E-state index contributed by atoms with van der Waals surface area (Å²) in [5.74, 6) is 0.0578. The lowest BCUT2D eigenvalue weighted by Crippen LogP contribution is -2.31. The smallest absolute Gasteiger partial charge is 0.258 e. The first-order valence-corrected chi connectivity index (χ1v) is 9.13. The van der Waals surface area contributed by atoms with Crippen LogP contribution in [0.1, 0.15) is 18.5 Å². The number of rotatable bonds is 5. The van der Waals surface area contributed by atoms with Crippen LogP contribution in [-0.2, 0) is 4.79 Å². The number of nitrogens with one attached hydrogen (secondary N) is 1. The molecule has 0 aliphatic carbocycles. The van der Waals surface area contributed by atoms with Gasteiger partial charge in [0.15, 0.2) is 6.61 Å². The summed E-state index contributed by atoms with van der Waals surface area (Å²) in [7, 11) is 0. The Balaban J connectivity index is 1.62. The van der Waals surface area contributed by atoms with Gasteiger partial charge < -0.3 is 10.1 Å². The van der Waals surface area contributed by atoms with Crippen LogP contribution in [-0.4, -0.2) is 12.5 Å². The number of amides is 1. The van der Waals surface area contributed by atoms with E-state index < -0.39 is 0 Å². The van der Waals surface area contributed by atoms with Gasteiger partial charge in [0.25, 0.3) is 5.91 Å². The van der Waals surface area contributed by atoms with Gasteiger partial charge in [-0.25, -0.2) is 0 Å². The molecule has 0 radical (unpaired) electrons. The molecule has 26 heavy (non-hydrogen) atoms. The van der Waals surface area contributed by atoms with Gasteiger partial charge in [-0.05, 0) is 35.4 Å². The lowest BCUT2D eigenvalue weighted by atomic mass is 10.0. The Hall–Kier alpha value is -1.94. The van der Waals surface area contributed by atoms with Gasteiger partial charge in [0, 0.05) is 6.07 Å². The number of fused-ring (bicyclic) bond motifs is 1. The minimum absolute atomic E-state index is 0.153. The molecule has 0 bridgehead atoms. The summed E-state index contributed by atoms with van der Waals surface area (Å²) in [5, 5.41) is 6.15. The van der Waals surface area contributed by atoms with Crippen molar-refractivity contribution in [1.82, 2.24) is 5.32 Å². The second kappa shape index (κ2) is 8.17. The molecule has 0 aliphatic heterocycles. The average Bonchev–Trinajstić information content (AvgIpc) is 2.63. The van der Waals surface area contributed by atoms with Crippen molar-refractivity contribution in [1.29, 1.82) is 0 Å². The van der Waals surface area contributed by atoms with Gasteiger partial charge in [-0.15, -0.1) is 0 Å². The highest BCUT2D eigenvalue weighted by molar-refractivity contribution is 6.43. The molecule has 0 saturated heterocycles. The van der Waals surface area contributed by atoms with E-state index in [1.165, 1.54) is 12.1 Å². The van der Waals surface area contributed by atoms with Gasteiger partial charge in [0.2, 0.25) is 0 Å². The van der Waals surface area contributed by atoms with Crippen molar-refractivity contribution in [2.75, 3.05) is 6.61 Å². The standard InChI is InChI=1S/C20H16Cl3NO2/c1-12(14-7-6-13-4-2-3-5-15(13)8-14)24-20(25)11-26-19-10-17(22)16(21)9-18(19)23/h2-10,12H,11H2,1H3,(H,24,25)/t12-/m0/s1. The monoisotopic (exact) mass is 407 g/mol. The van der Waals surface area contributed by atoms with Crippen LogP contribution in [0.4, 0.5) is 0 Å². The third-order valence-electron chi connectivity index (χ3n) is 3.98. The summed E-state index contributed by atoms with van der Waals surface area (Å²) in [6, 6.07) is 17.0. The molecule has 0 spiro atoms. The van der Waals surface area contributed by atoms with Gasteiger partial charge >= 0.3 is 0 Å². The van der Waals surface area contributed by atoms with E-state index in [9.17, 15) is 4.79 Å². The third-order valence-corrected chi connectivity index (χ3v) is 5.00. The zero-order valence-electron chi connectivity index (χ0n) is 13.9. The molecule has 1 amide bonds. The molecule has 3 nitrogen and oxygen atoms in total. The molecule has 3 rings (SSSR count). The molecule has 0 heterocycles. The first kappa shape index (κ1) is 18.8. The Morgan fingerprint density at radius 3 is 2.42 bits per heavy atom. The van der Waals surface area contributed by atoms with Crippen molar-refractivity contribution in [2.24, 2.45) is 0 Å². The Kier molecular flexibility index (Phi) is 5.92. The molecular weight excluding hydrogens is 393 g/mol. The van der Waals surface area contributed by atoms with E-state index in [2.05, 4.69) is 17.4 Å². The third kappa shape index (κ3) is 4.42. The average molecular weight is 409 g/mol. The van der Waals surface area contributed by atoms with E-state index in [-0.39, 0.29) is 18.6 Å². The summed E-state index contributed by atoms with van der Waals surface area (Å²) in [4.78, 5) is 12.2. The molecular formula is C20H16Cl3NO2. The first-order valence-electron chi connectivity index (χ1n) is 7.99. The van der Waals surface area contributed by atoms with Crippen molar-refractivity contribution < 1.29 is 9.53 Å². The van der Waals surface area contributed by atoms with Crippen molar-refractivity contribution in [3.8, 4) is 5.75 Å². The van der Waals surface area contributed by atoms with E-state index in [0.29, 0.717) is 20.8 Å². The molecule has 1 N–H and O–H groups in total. The Morgan fingerprint density at radius 2 is 1.65 bits per heavy atom. The van der Waals surface area contributed by atoms with E-state index >= 15 is 0 Å². The summed E-state index contributed by atoms with van der Waals surface area (Å²) < 4.78 is 5.45. The molecule has 0 saturated carbocycles. The number of halogens is 3. The van der Waals surface area contributed by atoms with Crippen LogP contribution < -0.4 is 10.1 Å². The number of benzene rings is 3. The van der Waals surface area contributed by atoms with Crippen LogP contribution in [0.5, 0.6) is 5.75 Å². The lowest BCUT2D eigenvalue weighted by molar-refractivity contribution is -0.123.